The van der Waals surface area contributed by atoms with Gasteiger partial charge in [0.1, 0.15) is 17.7 Å². The predicted molar refractivity (Wildman–Crippen MR) is 71.1 cm³/mol. The van der Waals surface area contributed by atoms with Crippen molar-refractivity contribution in [1.29, 1.82) is 0 Å². The molecule has 0 saturated heterocycles. The van der Waals surface area contributed by atoms with Crippen molar-refractivity contribution in [3.05, 3.63) is 69.8 Å². The van der Waals surface area contributed by atoms with Crippen LogP contribution in [0.3, 0.4) is 0 Å². The van der Waals surface area contributed by atoms with Gasteiger partial charge in [0.25, 0.3) is 0 Å². The molecule has 0 radical (unpaired) electrons. The molecule has 100 valence electrons. The van der Waals surface area contributed by atoms with E-state index in [1.807, 2.05) is 26.0 Å². The SMILES string of the molecule is Cc1ccc(C(O)c2cc(F)c(C)cc2F)c(C)c1. The van der Waals surface area contributed by atoms with Crippen LogP contribution in [0.2, 0.25) is 0 Å². The topological polar surface area (TPSA) is 20.2 Å². The largest absolute Gasteiger partial charge is 0.384 e. The summed E-state index contributed by atoms with van der Waals surface area (Å²) < 4.78 is 27.4. The number of halogens is 2. The van der Waals surface area contributed by atoms with Crippen molar-refractivity contribution >= 4 is 0 Å². The lowest BCUT2D eigenvalue weighted by Crippen LogP contribution is -2.06. The molecule has 0 spiro atoms. The van der Waals surface area contributed by atoms with Crippen molar-refractivity contribution in [2.75, 3.05) is 0 Å². The maximum absolute atomic E-state index is 13.9. The first kappa shape index (κ1) is 13.7. The summed E-state index contributed by atoms with van der Waals surface area (Å²) in [4.78, 5) is 0. The van der Waals surface area contributed by atoms with Crippen LogP contribution < -0.4 is 0 Å². The Kier molecular flexibility index (Phi) is 3.67. The molecule has 0 aromatic heterocycles. The molecule has 1 atom stereocenters. The number of rotatable bonds is 2. The summed E-state index contributed by atoms with van der Waals surface area (Å²) in [6.07, 6.45) is -1.16. The zero-order valence-electron chi connectivity index (χ0n) is 11.2. The summed E-state index contributed by atoms with van der Waals surface area (Å²) in [7, 11) is 0. The van der Waals surface area contributed by atoms with E-state index in [4.69, 9.17) is 0 Å². The van der Waals surface area contributed by atoms with Crippen LogP contribution >= 0.6 is 0 Å². The summed E-state index contributed by atoms with van der Waals surface area (Å²) in [6, 6.07) is 7.66. The van der Waals surface area contributed by atoms with E-state index < -0.39 is 17.7 Å². The Hall–Kier alpha value is -1.74. The van der Waals surface area contributed by atoms with E-state index in [1.165, 1.54) is 6.92 Å². The van der Waals surface area contributed by atoms with Crippen LogP contribution in [0.4, 0.5) is 8.78 Å². The Bertz CT molecular complexity index is 620. The molecule has 0 saturated carbocycles. The van der Waals surface area contributed by atoms with Gasteiger partial charge in [-0.2, -0.15) is 0 Å². The number of aliphatic hydroxyl groups is 1. The molecule has 0 amide bonds. The molecule has 0 heterocycles. The van der Waals surface area contributed by atoms with Crippen molar-refractivity contribution in [2.45, 2.75) is 26.9 Å². The first-order chi connectivity index (χ1) is 8.90. The van der Waals surface area contributed by atoms with Gasteiger partial charge < -0.3 is 5.11 Å². The van der Waals surface area contributed by atoms with Crippen LogP contribution in [-0.2, 0) is 0 Å². The summed E-state index contributed by atoms with van der Waals surface area (Å²) in [5.41, 5.74) is 2.70. The molecule has 0 aliphatic carbocycles. The second kappa shape index (κ2) is 5.10. The van der Waals surface area contributed by atoms with Crippen LogP contribution in [0.25, 0.3) is 0 Å². The molecule has 0 fully saturated rings. The Morgan fingerprint density at radius 1 is 0.842 bits per heavy atom. The lowest BCUT2D eigenvalue weighted by Gasteiger charge is -2.16. The second-order valence-corrected chi connectivity index (χ2v) is 4.89. The minimum Gasteiger partial charge on any atom is -0.384 e. The third kappa shape index (κ3) is 2.66. The maximum Gasteiger partial charge on any atom is 0.129 e. The van der Waals surface area contributed by atoms with Crippen LogP contribution in [0.15, 0.2) is 30.3 Å². The lowest BCUT2D eigenvalue weighted by atomic mass is 9.95. The number of aliphatic hydroxyl groups excluding tert-OH is 1. The molecular weight excluding hydrogens is 246 g/mol. The fourth-order valence-corrected chi connectivity index (χ4v) is 2.17. The first-order valence-electron chi connectivity index (χ1n) is 6.11. The van der Waals surface area contributed by atoms with E-state index in [1.54, 1.807) is 6.07 Å². The molecule has 0 aliphatic rings. The van der Waals surface area contributed by atoms with Crippen LogP contribution in [-0.4, -0.2) is 5.11 Å². The maximum atomic E-state index is 13.9. The minimum absolute atomic E-state index is 0.0324. The highest BCUT2D eigenvalue weighted by molar-refractivity contribution is 5.39. The van der Waals surface area contributed by atoms with Crippen LogP contribution in [0.5, 0.6) is 0 Å². The minimum atomic E-state index is -1.16. The fraction of sp³-hybridized carbons (Fsp3) is 0.250. The van der Waals surface area contributed by atoms with Gasteiger partial charge in [0, 0.05) is 5.56 Å². The lowest BCUT2D eigenvalue weighted by molar-refractivity contribution is 0.213. The molecule has 1 nitrogen and oxygen atoms in total. The third-order valence-corrected chi connectivity index (χ3v) is 3.29. The van der Waals surface area contributed by atoms with E-state index in [0.29, 0.717) is 5.56 Å². The molecule has 0 aliphatic heterocycles. The summed E-state index contributed by atoms with van der Waals surface area (Å²) in [5.74, 6) is -1.11. The van der Waals surface area contributed by atoms with Crippen molar-refractivity contribution in [1.82, 2.24) is 0 Å². The highest BCUT2D eigenvalue weighted by atomic mass is 19.1. The van der Waals surface area contributed by atoms with Crippen molar-refractivity contribution in [3.63, 3.8) is 0 Å². The summed E-state index contributed by atoms with van der Waals surface area (Å²) in [5, 5.41) is 10.3. The molecule has 0 bridgehead atoms. The third-order valence-electron chi connectivity index (χ3n) is 3.29. The quantitative estimate of drug-likeness (QED) is 0.868. The average molecular weight is 262 g/mol. The van der Waals surface area contributed by atoms with E-state index in [-0.39, 0.29) is 11.1 Å². The van der Waals surface area contributed by atoms with Crippen molar-refractivity contribution in [2.24, 2.45) is 0 Å². The predicted octanol–water partition coefficient (Wildman–Crippen LogP) is 3.97. The monoisotopic (exact) mass is 262 g/mol. The normalized spacial score (nSPS) is 12.5. The molecule has 2 rings (SSSR count). The van der Waals surface area contributed by atoms with Gasteiger partial charge in [-0.1, -0.05) is 23.8 Å². The van der Waals surface area contributed by atoms with Gasteiger partial charge >= 0.3 is 0 Å². The molecule has 1 unspecified atom stereocenters. The zero-order valence-corrected chi connectivity index (χ0v) is 11.2. The highest BCUT2D eigenvalue weighted by Gasteiger charge is 2.18. The Balaban J connectivity index is 2.49. The molecular formula is C16H16F2O. The highest BCUT2D eigenvalue weighted by Crippen LogP contribution is 2.28. The standard InChI is InChI=1S/C16H16F2O/c1-9-4-5-12(10(2)6-9)16(19)13-8-14(17)11(3)7-15(13)18/h4-8,16,19H,1-3H3. The molecule has 19 heavy (non-hydrogen) atoms. The number of hydrogen-bond donors (Lipinski definition) is 1. The van der Waals surface area contributed by atoms with Crippen molar-refractivity contribution < 1.29 is 13.9 Å². The van der Waals surface area contributed by atoms with Crippen LogP contribution in [0, 0.1) is 32.4 Å². The number of benzene rings is 2. The number of aryl methyl sites for hydroxylation is 3. The van der Waals surface area contributed by atoms with Crippen molar-refractivity contribution in [3.8, 4) is 0 Å². The average Bonchev–Trinajstić information content (AvgIpc) is 2.33. The molecule has 1 N–H and O–H groups in total. The Labute approximate surface area is 111 Å². The molecule has 2 aromatic carbocycles. The number of hydrogen-bond acceptors (Lipinski definition) is 1. The summed E-state index contributed by atoms with van der Waals surface area (Å²) >= 11 is 0. The van der Waals surface area contributed by atoms with E-state index in [9.17, 15) is 13.9 Å². The smallest absolute Gasteiger partial charge is 0.129 e. The first-order valence-corrected chi connectivity index (χ1v) is 6.11. The van der Waals surface area contributed by atoms with E-state index >= 15 is 0 Å². The second-order valence-electron chi connectivity index (χ2n) is 4.89. The van der Waals surface area contributed by atoms with Gasteiger partial charge in [0.15, 0.2) is 0 Å². The van der Waals surface area contributed by atoms with E-state index in [0.717, 1.165) is 23.3 Å². The van der Waals surface area contributed by atoms with E-state index in [2.05, 4.69) is 0 Å². The van der Waals surface area contributed by atoms with Gasteiger partial charge in [0.2, 0.25) is 0 Å². The van der Waals surface area contributed by atoms with Crippen LogP contribution in [0.1, 0.15) is 33.9 Å². The molecule has 3 heteroatoms. The fourth-order valence-electron chi connectivity index (χ4n) is 2.17. The Morgan fingerprint density at radius 2 is 1.53 bits per heavy atom. The van der Waals surface area contributed by atoms with Gasteiger partial charge in [-0.15, -0.1) is 0 Å². The molecule has 2 aromatic rings. The van der Waals surface area contributed by atoms with Gasteiger partial charge in [-0.25, -0.2) is 8.78 Å². The Morgan fingerprint density at radius 3 is 2.16 bits per heavy atom. The summed E-state index contributed by atoms with van der Waals surface area (Å²) in [6.45, 7) is 5.27. The van der Waals surface area contributed by atoms with Gasteiger partial charge in [-0.05, 0) is 49.6 Å². The zero-order chi connectivity index (χ0) is 14.2. The van der Waals surface area contributed by atoms with Gasteiger partial charge in [0.05, 0.1) is 0 Å². The van der Waals surface area contributed by atoms with Gasteiger partial charge in [-0.3, -0.25) is 0 Å².